The fourth-order valence-corrected chi connectivity index (χ4v) is 2.63. The monoisotopic (exact) mass is 391 g/mol. The summed E-state index contributed by atoms with van der Waals surface area (Å²) in [5, 5.41) is 2.68. The summed E-state index contributed by atoms with van der Waals surface area (Å²) in [7, 11) is 1.54. The SMILES string of the molecule is COc1ccc(C(=O)N[C@@H](CCSC)C(=O)NNC(=O)c2ccco2)cc1. The van der Waals surface area contributed by atoms with E-state index < -0.39 is 23.8 Å². The number of ether oxygens (including phenoxy) is 1. The van der Waals surface area contributed by atoms with E-state index in [2.05, 4.69) is 16.2 Å². The number of amides is 3. The molecule has 3 amide bonds. The van der Waals surface area contributed by atoms with E-state index in [1.807, 2.05) is 6.26 Å². The molecule has 27 heavy (non-hydrogen) atoms. The summed E-state index contributed by atoms with van der Waals surface area (Å²) >= 11 is 1.55. The number of hydrogen-bond acceptors (Lipinski definition) is 6. The third kappa shape index (κ3) is 6.07. The fourth-order valence-electron chi connectivity index (χ4n) is 2.16. The van der Waals surface area contributed by atoms with Crippen LogP contribution < -0.4 is 20.9 Å². The van der Waals surface area contributed by atoms with Gasteiger partial charge in [0.1, 0.15) is 11.8 Å². The Hall–Kier alpha value is -2.94. The Morgan fingerprint density at radius 2 is 1.85 bits per heavy atom. The number of rotatable bonds is 8. The van der Waals surface area contributed by atoms with E-state index in [9.17, 15) is 14.4 Å². The van der Waals surface area contributed by atoms with Gasteiger partial charge in [-0.05, 0) is 54.8 Å². The Morgan fingerprint density at radius 1 is 1.11 bits per heavy atom. The number of hydrogen-bond donors (Lipinski definition) is 3. The van der Waals surface area contributed by atoms with E-state index in [4.69, 9.17) is 9.15 Å². The largest absolute Gasteiger partial charge is 0.497 e. The van der Waals surface area contributed by atoms with Crippen LogP contribution in [0.15, 0.2) is 47.1 Å². The molecule has 8 nitrogen and oxygen atoms in total. The van der Waals surface area contributed by atoms with E-state index in [1.165, 1.54) is 19.4 Å². The molecule has 0 saturated heterocycles. The smallest absolute Gasteiger partial charge is 0.305 e. The lowest BCUT2D eigenvalue weighted by Crippen LogP contribution is -2.52. The maximum Gasteiger partial charge on any atom is 0.305 e. The molecule has 1 heterocycles. The van der Waals surface area contributed by atoms with Crippen molar-refractivity contribution in [3.05, 3.63) is 54.0 Å². The quantitative estimate of drug-likeness (QED) is 0.590. The zero-order valence-electron chi connectivity index (χ0n) is 15.0. The third-order valence-corrected chi connectivity index (χ3v) is 4.27. The van der Waals surface area contributed by atoms with Crippen molar-refractivity contribution in [2.24, 2.45) is 0 Å². The van der Waals surface area contributed by atoms with Crippen LogP contribution in [0.1, 0.15) is 27.3 Å². The Balaban J connectivity index is 1.96. The van der Waals surface area contributed by atoms with Gasteiger partial charge in [-0.2, -0.15) is 11.8 Å². The summed E-state index contributed by atoms with van der Waals surface area (Å²) in [5.41, 5.74) is 4.98. The summed E-state index contributed by atoms with van der Waals surface area (Å²) in [5.74, 6) is -0.143. The highest BCUT2D eigenvalue weighted by Gasteiger charge is 2.22. The zero-order chi connectivity index (χ0) is 19.6. The molecule has 3 N–H and O–H groups in total. The van der Waals surface area contributed by atoms with Gasteiger partial charge >= 0.3 is 5.91 Å². The maximum absolute atomic E-state index is 12.4. The van der Waals surface area contributed by atoms with E-state index in [-0.39, 0.29) is 5.76 Å². The summed E-state index contributed by atoms with van der Waals surface area (Å²) in [4.78, 5) is 36.6. The lowest BCUT2D eigenvalue weighted by Gasteiger charge is -2.18. The van der Waals surface area contributed by atoms with Gasteiger partial charge < -0.3 is 14.5 Å². The predicted octanol–water partition coefficient (Wildman–Crippen LogP) is 1.60. The predicted molar refractivity (Wildman–Crippen MR) is 102 cm³/mol. The standard InChI is InChI=1S/C18H21N3O5S/c1-25-13-7-5-12(6-8-13)16(22)19-14(9-11-27-2)17(23)20-21-18(24)15-4-3-10-26-15/h3-8,10,14H,9,11H2,1-2H3,(H,19,22)(H,20,23)(H,21,24)/t14-/m0/s1. The highest BCUT2D eigenvalue weighted by molar-refractivity contribution is 7.98. The van der Waals surface area contributed by atoms with Gasteiger partial charge in [0.25, 0.3) is 11.8 Å². The van der Waals surface area contributed by atoms with Crippen molar-refractivity contribution in [3.63, 3.8) is 0 Å². The first-order valence-electron chi connectivity index (χ1n) is 8.12. The number of carbonyl (C=O) groups is 3. The van der Waals surface area contributed by atoms with Crippen LogP contribution in [-0.2, 0) is 4.79 Å². The molecular formula is C18H21N3O5S. The number of thioether (sulfide) groups is 1. The average Bonchev–Trinajstić information content (AvgIpc) is 3.23. The van der Waals surface area contributed by atoms with Crippen molar-refractivity contribution in [3.8, 4) is 5.75 Å². The third-order valence-electron chi connectivity index (χ3n) is 3.63. The van der Waals surface area contributed by atoms with E-state index >= 15 is 0 Å². The highest BCUT2D eigenvalue weighted by atomic mass is 32.2. The number of furan rings is 1. The van der Waals surface area contributed by atoms with Gasteiger partial charge in [0.15, 0.2) is 5.76 Å². The van der Waals surface area contributed by atoms with Gasteiger partial charge in [0.05, 0.1) is 13.4 Å². The molecule has 0 unspecified atom stereocenters. The van der Waals surface area contributed by atoms with Gasteiger partial charge in [-0.3, -0.25) is 25.2 Å². The summed E-state index contributed by atoms with van der Waals surface area (Å²) in [6.45, 7) is 0. The first-order valence-corrected chi connectivity index (χ1v) is 9.52. The number of methoxy groups -OCH3 is 1. The molecule has 2 rings (SSSR count). The Morgan fingerprint density at radius 3 is 2.44 bits per heavy atom. The van der Waals surface area contributed by atoms with Crippen molar-refractivity contribution in [1.29, 1.82) is 0 Å². The second kappa shape index (κ2) is 10.3. The van der Waals surface area contributed by atoms with Crippen LogP contribution in [0.3, 0.4) is 0 Å². The molecule has 0 spiro atoms. The molecule has 1 aromatic heterocycles. The van der Waals surface area contributed by atoms with Crippen LogP contribution in [0.5, 0.6) is 5.75 Å². The minimum absolute atomic E-state index is 0.0678. The van der Waals surface area contributed by atoms with E-state index in [1.54, 1.807) is 42.1 Å². The fraction of sp³-hybridized carbons (Fsp3) is 0.278. The van der Waals surface area contributed by atoms with Crippen molar-refractivity contribution >= 4 is 29.5 Å². The second-order valence-electron chi connectivity index (χ2n) is 5.46. The van der Waals surface area contributed by atoms with Crippen molar-refractivity contribution in [2.45, 2.75) is 12.5 Å². The molecule has 144 valence electrons. The number of hydrazine groups is 1. The van der Waals surface area contributed by atoms with Crippen LogP contribution in [0.2, 0.25) is 0 Å². The molecule has 9 heteroatoms. The molecule has 0 bridgehead atoms. The van der Waals surface area contributed by atoms with Gasteiger partial charge in [0.2, 0.25) is 0 Å². The van der Waals surface area contributed by atoms with Crippen molar-refractivity contribution < 1.29 is 23.5 Å². The van der Waals surface area contributed by atoms with Crippen LogP contribution in [0.25, 0.3) is 0 Å². The molecule has 0 aliphatic heterocycles. The number of nitrogens with one attached hydrogen (secondary N) is 3. The molecule has 2 aromatic rings. The molecule has 0 saturated carbocycles. The normalized spacial score (nSPS) is 11.3. The first-order chi connectivity index (χ1) is 13.0. The summed E-state index contributed by atoms with van der Waals surface area (Å²) < 4.78 is 10.0. The van der Waals surface area contributed by atoms with Gasteiger partial charge in [-0.25, -0.2) is 0 Å². The van der Waals surface area contributed by atoms with Crippen LogP contribution >= 0.6 is 11.8 Å². The first kappa shape index (κ1) is 20.4. The second-order valence-corrected chi connectivity index (χ2v) is 6.44. The molecule has 1 atom stereocenters. The van der Waals surface area contributed by atoms with Crippen molar-refractivity contribution in [1.82, 2.24) is 16.2 Å². The van der Waals surface area contributed by atoms with Crippen LogP contribution in [0, 0.1) is 0 Å². The van der Waals surface area contributed by atoms with E-state index in [0.29, 0.717) is 23.5 Å². The Kier molecular flexibility index (Phi) is 7.75. The number of carbonyl (C=O) groups excluding carboxylic acids is 3. The topological polar surface area (TPSA) is 110 Å². The molecule has 0 radical (unpaired) electrons. The Labute approximate surface area is 161 Å². The van der Waals surface area contributed by atoms with Crippen LogP contribution in [-0.4, -0.2) is 42.9 Å². The molecule has 0 fully saturated rings. The summed E-state index contributed by atoms with van der Waals surface area (Å²) in [6, 6.07) is 8.77. The average molecular weight is 391 g/mol. The lowest BCUT2D eigenvalue weighted by molar-refractivity contribution is -0.123. The minimum atomic E-state index is -0.802. The highest BCUT2D eigenvalue weighted by Crippen LogP contribution is 2.12. The molecule has 1 aromatic carbocycles. The van der Waals surface area contributed by atoms with Crippen molar-refractivity contribution in [2.75, 3.05) is 19.1 Å². The van der Waals surface area contributed by atoms with Gasteiger partial charge in [-0.15, -0.1) is 0 Å². The van der Waals surface area contributed by atoms with Gasteiger partial charge in [-0.1, -0.05) is 0 Å². The minimum Gasteiger partial charge on any atom is -0.497 e. The molecule has 0 aliphatic rings. The molecular weight excluding hydrogens is 370 g/mol. The van der Waals surface area contributed by atoms with Crippen LogP contribution in [0.4, 0.5) is 0 Å². The summed E-state index contributed by atoms with van der Waals surface area (Å²) in [6.07, 6.45) is 3.66. The van der Waals surface area contributed by atoms with E-state index in [0.717, 1.165) is 0 Å². The van der Waals surface area contributed by atoms with Gasteiger partial charge in [0, 0.05) is 5.56 Å². The Bertz CT molecular complexity index is 762. The zero-order valence-corrected chi connectivity index (χ0v) is 15.8. The maximum atomic E-state index is 12.4. The molecule has 0 aliphatic carbocycles. The number of benzene rings is 1. The lowest BCUT2D eigenvalue weighted by atomic mass is 10.1.